The molecule has 0 aliphatic heterocycles. The van der Waals surface area contributed by atoms with E-state index < -0.39 is 5.97 Å². The topological polar surface area (TPSA) is 70.5 Å². The van der Waals surface area contributed by atoms with Crippen molar-refractivity contribution in [1.82, 2.24) is 9.88 Å². The summed E-state index contributed by atoms with van der Waals surface area (Å²) in [4.78, 5) is 27.7. The van der Waals surface area contributed by atoms with Gasteiger partial charge in [-0.05, 0) is 6.07 Å². The predicted molar refractivity (Wildman–Crippen MR) is 58.4 cm³/mol. The Bertz CT molecular complexity index is 439. The number of hydrogen-bond donors (Lipinski definition) is 1. The molecule has 0 fully saturated rings. The number of aromatic nitrogens is 1. The van der Waals surface area contributed by atoms with Crippen molar-refractivity contribution < 1.29 is 14.7 Å². The zero-order valence-corrected chi connectivity index (χ0v) is 9.04. The number of aromatic carboxylic acids is 1. The van der Waals surface area contributed by atoms with Crippen molar-refractivity contribution in [2.45, 2.75) is 0 Å². The fraction of sp³-hybridized carbons (Fsp3) is 0.182. The van der Waals surface area contributed by atoms with Crippen LogP contribution in [0.3, 0.4) is 0 Å². The minimum Gasteiger partial charge on any atom is -0.478 e. The Hall–Kier alpha value is -2.17. The Morgan fingerprint density at radius 3 is 2.50 bits per heavy atom. The highest BCUT2D eigenvalue weighted by Crippen LogP contribution is 2.04. The lowest BCUT2D eigenvalue weighted by molar-refractivity contribution is 0.0696. The van der Waals surface area contributed by atoms with Crippen LogP contribution in [0.2, 0.25) is 0 Å². The van der Waals surface area contributed by atoms with Crippen molar-refractivity contribution in [2.75, 3.05) is 14.1 Å². The van der Waals surface area contributed by atoms with Crippen molar-refractivity contribution in [3.8, 4) is 0 Å². The summed E-state index contributed by atoms with van der Waals surface area (Å²) in [5, 5.41) is 8.73. The van der Waals surface area contributed by atoms with Gasteiger partial charge in [-0.1, -0.05) is 0 Å². The molecule has 16 heavy (non-hydrogen) atoms. The molecule has 0 aromatic carbocycles. The number of carboxylic acid groups (broad SMARTS) is 1. The Kier molecular flexibility index (Phi) is 3.77. The normalized spacial score (nSPS) is 10.4. The molecule has 0 atom stereocenters. The van der Waals surface area contributed by atoms with Crippen LogP contribution in [-0.2, 0) is 0 Å². The van der Waals surface area contributed by atoms with E-state index >= 15 is 0 Å². The molecule has 1 aromatic rings. The van der Waals surface area contributed by atoms with E-state index in [9.17, 15) is 9.59 Å². The Labute approximate surface area is 93.0 Å². The van der Waals surface area contributed by atoms with E-state index in [0.717, 1.165) is 0 Å². The van der Waals surface area contributed by atoms with Gasteiger partial charge in [0.05, 0.1) is 5.56 Å². The quantitative estimate of drug-likeness (QED) is 0.606. The SMILES string of the molecule is CN(C)C=CC(=O)c1cncc(C(=O)O)c1. The van der Waals surface area contributed by atoms with Crippen molar-refractivity contribution in [1.29, 1.82) is 0 Å². The van der Waals surface area contributed by atoms with Crippen molar-refractivity contribution >= 4 is 11.8 Å². The van der Waals surface area contributed by atoms with Crippen LogP contribution in [0.15, 0.2) is 30.7 Å². The Morgan fingerprint density at radius 1 is 1.31 bits per heavy atom. The van der Waals surface area contributed by atoms with E-state index in [0.29, 0.717) is 0 Å². The molecule has 0 saturated heterocycles. The molecule has 1 rings (SSSR count). The van der Waals surface area contributed by atoms with E-state index in [1.54, 1.807) is 25.2 Å². The molecule has 1 heterocycles. The van der Waals surface area contributed by atoms with Gasteiger partial charge in [-0.15, -0.1) is 0 Å². The number of pyridine rings is 1. The summed E-state index contributed by atoms with van der Waals surface area (Å²) >= 11 is 0. The first-order chi connectivity index (χ1) is 7.50. The highest BCUT2D eigenvalue weighted by atomic mass is 16.4. The first-order valence-corrected chi connectivity index (χ1v) is 4.58. The molecule has 0 unspecified atom stereocenters. The number of hydrogen-bond acceptors (Lipinski definition) is 4. The average Bonchev–Trinajstić information content (AvgIpc) is 2.26. The van der Waals surface area contributed by atoms with E-state index in [4.69, 9.17) is 5.11 Å². The standard InChI is InChI=1S/C11H12N2O3/c1-13(2)4-3-10(14)8-5-9(11(15)16)7-12-6-8/h3-7H,1-2H3,(H,15,16). The molecule has 1 N–H and O–H groups in total. The first-order valence-electron chi connectivity index (χ1n) is 4.58. The van der Waals surface area contributed by atoms with Gasteiger partial charge in [-0.3, -0.25) is 9.78 Å². The summed E-state index contributed by atoms with van der Waals surface area (Å²) in [5.74, 6) is -1.37. The van der Waals surface area contributed by atoms with Crippen molar-refractivity contribution in [3.63, 3.8) is 0 Å². The maximum Gasteiger partial charge on any atom is 0.337 e. The summed E-state index contributed by atoms with van der Waals surface area (Å²) in [6.07, 6.45) is 5.50. The van der Waals surface area contributed by atoms with Crippen molar-refractivity contribution in [3.05, 3.63) is 41.9 Å². The lowest BCUT2D eigenvalue weighted by atomic mass is 10.1. The van der Waals surface area contributed by atoms with Gasteiger partial charge in [0, 0.05) is 44.3 Å². The zero-order valence-electron chi connectivity index (χ0n) is 9.04. The highest BCUT2D eigenvalue weighted by molar-refractivity contribution is 6.05. The molecule has 0 aliphatic carbocycles. The largest absolute Gasteiger partial charge is 0.478 e. The second-order valence-electron chi connectivity index (χ2n) is 3.41. The molecule has 0 amide bonds. The van der Waals surface area contributed by atoms with E-state index in [1.807, 2.05) is 0 Å². The minimum absolute atomic E-state index is 0.00380. The van der Waals surface area contributed by atoms with Gasteiger partial charge in [0.1, 0.15) is 0 Å². The molecule has 0 spiro atoms. The second kappa shape index (κ2) is 5.06. The number of allylic oxidation sites excluding steroid dienone is 1. The summed E-state index contributed by atoms with van der Waals surface area (Å²) in [6.45, 7) is 0. The number of nitrogens with zero attached hydrogens (tertiary/aromatic N) is 2. The van der Waals surface area contributed by atoms with Crippen molar-refractivity contribution in [2.24, 2.45) is 0 Å². The molecule has 0 radical (unpaired) electrons. The summed E-state index contributed by atoms with van der Waals surface area (Å²) in [7, 11) is 3.57. The number of carbonyl (C=O) groups is 2. The van der Waals surface area contributed by atoms with Gasteiger partial charge in [0.15, 0.2) is 5.78 Å². The van der Waals surface area contributed by atoms with Gasteiger partial charge in [0.25, 0.3) is 0 Å². The fourth-order valence-electron chi connectivity index (χ4n) is 1.00. The van der Waals surface area contributed by atoms with E-state index in [2.05, 4.69) is 4.98 Å². The first kappa shape index (κ1) is 11.9. The zero-order chi connectivity index (χ0) is 12.1. The average molecular weight is 220 g/mol. The van der Waals surface area contributed by atoms with Crippen LogP contribution in [0, 0.1) is 0 Å². The number of carbonyl (C=O) groups excluding carboxylic acids is 1. The Balaban J connectivity index is 2.92. The molecule has 1 aromatic heterocycles. The third-order valence-corrected chi connectivity index (χ3v) is 1.79. The lowest BCUT2D eigenvalue weighted by Gasteiger charge is -2.02. The van der Waals surface area contributed by atoms with Crippen LogP contribution >= 0.6 is 0 Å². The van der Waals surface area contributed by atoms with Crippen LogP contribution < -0.4 is 0 Å². The molecule has 0 bridgehead atoms. The molecule has 5 nitrogen and oxygen atoms in total. The van der Waals surface area contributed by atoms with Gasteiger partial charge in [0.2, 0.25) is 0 Å². The molecule has 0 saturated carbocycles. The summed E-state index contributed by atoms with van der Waals surface area (Å²) < 4.78 is 0. The molecular weight excluding hydrogens is 208 g/mol. The van der Waals surface area contributed by atoms with E-state index in [-0.39, 0.29) is 16.9 Å². The lowest BCUT2D eigenvalue weighted by Crippen LogP contribution is -2.05. The van der Waals surface area contributed by atoms with Crippen LogP contribution in [-0.4, -0.2) is 40.8 Å². The van der Waals surface area contributed by atoms with Gasteiger partial charge >= 0.3 is 5.97 Å². The van der Waals surface area contributed by atoms with Gasteiger partial charge < -0.3 is 10.0 Å². The summed E-state index contributed by atoms with van der Waals surface area (Å²) in [6, 6.07) is 1.30. The third-order valence-electron chi connectivity index (χ3n) is 1.79. The highest BCUT2D eigenvalue weighted by Gasteiger charge is 2.07. The fourth-order valence-corrected chi connectivity index (χ4v) is 1.00. The minimum atomic E-state index is -1.10. The Morgan fingerprint density at radius 2 is 1.94 bits per heavy atom. The maximum atomic E-state index is 11.6. The molecule has 84 valence electrons. The van der Waals surface area contributed by atoms with Crippen LogP contribution in [0.1, 0.15) is 20.7 Å². The molecule has 0 aliphatic rings. The smallest absolute Gasteiger partial charge is 0.337 e. The monoisotopic (exact) mass is 220 g/mol. The third kappa shape index (κ3) is 3.20. The van der Waals surface area contributed by atoms with Gasteiger partial charge in [-0.2, -0.15) is 0 Å². The second-order valence-corrected chi connectivity index (χ2v) is 3.41. The van der Waals surface area contributed by atoms with Crippen LogP contribution in [0.25, 0.3) is 0 Å². The molecular formula is C11H12N2O3. The van der Waals surface area contributed by atoms with Crippen LogP contribution in [0.4, 0.5) is 0 Å². The predicted octanol–water partition coefficient (Wildman–Crippen LogP) is 1.04. The van der Waals surface area contributed by atoms with Gasteiger partial charge in [-0.25, -0.2) is 4.79 Å². The summed E-state index contributed by atoms with van der Waals surface area (Å²) in [5.41, 5.74) is 0.266. The number of carboxylic acids is 1. The molecule has 5 heteroatoms. The van der Waals surface area contributed by atoms with E-state index in [1.165, 1.54) is 24.5 Å². The number of rotatable bonds is 4. The maximum absolute atomic E-state index is 11.6. The number of ketones is 1. The van der Waals surface area contributed by atoms with Crippen LogP contribution in [0.5, 0.6) is 0 Å².